The Bertz CT molecular complexity index is 1380. The van der Waals surface area contributed by atoms with E-state index in [1.807, 2.05) is 6.07 Å². The van der Waals surface area contributed by atoms with Gasteiger partial charge in [0.1, 0.15) is 29.7 Å². The maximum atomic E-state index is 15.2. The zero-order chi connectivity index (χ0) is 28.8. The molecule has 2 aromatic heterocycles. The molecule has 0 aliphatic rings. The van der Waals surface area contributed by atoms with Crippen LogP contribution in [0.2, 0.25) is 5.02 Å². The van der Waals surface area contributed by atoms with E-state index in [9.17, 15) is 14.9 Å². The van der Waals surface area contributed by atoms with Crippen molar-refractivity contribution in [3.05, 3.63) is 88.3 Å². The Balaban J connectivity index is 1.92. The third-order valence-electron chi connectivity index (χ3n) is 5.17. The van der Waals surface area contributed by atoms with Gasteiger partial charge in [0.05, 0.1) is 24.2 Å². The SMILES string of the molecule is CC(C)(C)OC(=O)N(CC(F)(F)c1ccccn1)c1ccc(C#N)c(CC(=O)N(Cl)Cc2cccc(Cl)c2)n1. The van der Waals surface area contributed by atoms with Gasteiger partial charge in [0.25, 0.3) is 0 Å². The predicted molar refractivity (Wildman–Crippen MR) is 142 cm³/mol. The summed E-state index contributed by atoms with van der Waals surface area (Å²) in [5.41, 5.74) is -0.921. The van der Waals surface area contributed by atoms with E-state index in [1.165, 1.54) is 30.5 Å². The van der Waals surface area contributed by atoms with Crippen LogP contribution in [0.4, 0.5) is 19.4 Å². The fourth-order valence-corrected chi connectivity index (χ4v) is 3.81. The lowest BCUT2D eigenvalue weighted by atomic mass is 10.1. The molecule has 0 saturated heterocycles. The van der Waals surface area contributed by atoms with Crippen LogP contribution in [0.15, 0.2) is 60.8 Å². The minimum absolute atomic E-state index is 0.0144. The smallest absolute Gasteiger partial charge is 0.416 e. The number of halogens is 4. The number of hydrogen-bond donors (Lipinski definition) is 0. The van der Waals surface area contributed by atoms with Crippen LogP contribution in [0.5, 0.6) is 0 Å². The summed E-state index contributed by atoms with van der Waals surface area (Å²) in [7, 11) is 0. The molecule has 0 fully saturated rings. The first-order valence-electron chi connectivity index (χ1n) is 11.7. The third kappa shape index (κ3) is 8.34. The predicted octanol–water partition coefficient (Wildman–Crippen LogP) is 6.26. The van der Waals surface area contributed by atoms with Crippen molar-refractivity contribution in [2.24, 2.45) is 0 Å². The van der Waals surface area contributed by atoms with Crippen molar-refractivity contribution in [2.75, 3.05) is 11.4 Å². The van der Waals surface area contributed by atoms with Crippen molar-refractivity contribution >= 4 is 41.2 Å². The number of nitriles is 1. The number of anilines is 1. The van der Waals surface area contributed by atoms with Crippen molar-refractivity contribution < 1.29 is 23.1 Å². The maximum absolute atomic E-state index is 15.2. The maximum Gasteiger partial charge on any atom is 0.416 e. The zero-order valence-corrected chi connectivity index (χ0v) is 22.9. The van der Waals surface area contributed by atoms with Gasteiger partial charge < -0.3 is 4.74 Å². The first-order chi connectivity index (χ1) is 18.3. The Labute approximate surface area is 234 Å². The number of carbonyl (C=O) groups excluding carboxylic acids is 2. The monoisotopic (exact) mass is 575 g/mol. The van der Waals surface area contributed by atoms with E-state index >= 15 is 8.78 Å². The second kappa shape index (κ2) is 12.4. The number of hydrogen-bond acceptors (Lipinski definition) is 6. The molecule has 1 aromatic carbocycles. The molecule has 3 rings (SSSR count). The number of nitrogens with zero attached hydrogens (tertiary/aromatic N) is 5. The molecule has 0 atom stereocenters. The van der Waals surface area contributed by atoms with Gasteiger partial charge in [-0.05, 0) is 62.7 Å². The fourth-order valence-electron chi connectivity index (χ4n) is 3.40. The van der Waals surface area contributed by atoms with E-state index in [-0.39, 0.29) is 23.6 Å². The van der Waals surface area contributed by atoms with Crippen LogP contribution in [-0.2, 0) is 28.4 Å². The molecule has 0 N–H and O–H groups in total. The van der Waals surface area contributed by atoms with Gasteiger partial charge >= 0.3 is 12.0 Å². The Kier molecular flexibility index (Phi) is 9.43. The lowest BCUT2D eigenvalue weighted by Crippen LogP contribution is -2.43. The number of amides is 2. The number of alkyl halides is 2. The number of ether oxygens (including phenoxy) is 1. The van der Waals surface area contributed by atoms with Crippen LogP contribution in [-0.4, -0.2) is 38.5 Å². The molecule has 3 aromatic rings. The first-order valence-corrected chi connectivity index (χ1v) is 12.4. The number of pyridine rings is 2. The van der Waals surface area contributed by atoms with Gasteiger partial charge in [-0.2, -0.15) is 14.0 Å². The molecule has 0 spiro atoms. The summed E-state index contributed by atoms with van der Waals surface area (Å²) in [6.45, 7) is 3.63. The molecule has 0 aliphatic carbocycles. The van der Waals surface area contributed by atoms with Crippen LogP contribution in [0.3, 0.4) is 0 Å². The molecule has 0 radical (unpaired) electrons. The summed E-state index contributed by atoms with van der Waals surface area (Å²) >= 11 is 12.2. The van der Waals surface area contributed by atoms with Crippen molar-refractivity contribution in [3.63, 3.8) is 0 Å². The molecular weight excluding hydrogens is 551 g/mol. The molecule has 204 valence electrons. The summed E-state index contributed by atoms with van der Waals surface area (Å²) < 4.78 is 36.7. The lowest BCUT2D eigenvalue weighted by Gasteiger charge is -2.29. The van der Waals surface area contributed by atoms with Crippen molar-refractivity contribution in [1.82, 2.24) is 14.4 Å². The standard InChI is InChI=1S/C27H25Cl2F2N5O3/c1-26(2,3)39-25(38)35(17-27(30,31)22-9-4-5-12-33-22)23-11-10-19(15-32)21(34-23)14-24(37)36(29)16-18-7-6-8-20(28)13-18/h4-13H,14,16-17H2,1-3H3. The molecule has 12 heteroatoms. The fraction of sp³-hybridized carbons (Fsp3) is 0.296. The average Bonchev–Trinajstić information content (AvgIpc) is 2.86. The summed E-state index contributed by atoms with van der Waals surface area (Å²) in [6, 6.07) is 15.2. The molecule has 2 amide bonds. The Hall–Kier alpha value is -3.81. The van der Waals surface area contributed by atoms with Gasteiger partial charge in [-0.25, -0.2) is 14.2 Å². The molecular formula is C27H25Cl2F2N5O3. The van der Waals surface area contributed by atoms with Crippen LogP contribution in [0.25, 0.3) is 0 Å². The summed E-state index contributed by atoms with van der Waals surface area (Å²) in [6.07, 6.45) is -0.307. The van der Waals surface area contributed by atoms with Gasteiger partial charge in [0, 0.05) is 23.0 Å². The van der Waals surface area contributed by atoms with Gasteiger partial charge in [-0.15, -0.1) is 0 Å². The molecule has 2 heterocycles. The van der Waals surface area contributed by atoms with Crippen molar-refractivity contribution in [3.8, 4) is 6.07 Å². The van der Waals surface area contributed by atoms with Crippen LogP contribution >= 0.6 is 23.4 Å². The topological polar surface area (TPSA) is 99.4 Å². The minimum atomic E-state index is -3.58. The van der Waals surface area contributed by atoms with E-state index in [0.717, 1.165) is 10.5 Å². The molecule has 0 bridgehead atoms. The Morgan fingerprint density at radius 1 is 1.10 bits per heavy atom. The van der Waals surface area contributed by atoms with E-state index in [0.29, 0.717) is 15.5 Å². The van der Waals surface area contributed by atoms with E-state index in [4.69, 9.17) is 28.1 Å². The Morgan fingerprint density at radius 3 is 2.46 bits per heavy atom. The zero-order valence-electron chi connectivity index (χ0n) is 21.4. The lowest BCUT2D eigenvalue weighted by molar-refractivity contribution is -0.126. The van der Waals surface area contributed by atoms with Crippen molar-refractivity contribution in [1.29, 1.82) is 5.26 Å². The summed E-state index contributed by atoms with van der Waals surface area (Å²) in [5.74, 6) is -4.42. The first kappa shape index (κ1) is 29.7. The van der Waals surface area contributed by atoms with E-state index < -0.39 is 42.2 Å². The summed E-state index contributed by atoms with van der Waals surface area (Å²) in [4.78, 5) is 34.5. The molecule has 0 unspecified atom stereocenters. The Morgan fingerprint density at radius 2 is 1.85 bits per heavy atom. The van der Waals surface area contributed by atoms with Crippen LogP contribution in [0.1, 0.15) is 43.3 Å². The minimum Gasteiger partial charge on any atom is -0.443 e. The highest BCUT2D eigenvalue weighted by Gasteiger charge is 2.39. The van der Waals surface area contributed by atoms with Gasteiger partial charge in [-0.1, -0.05) is 29.8 Å². The molecule has 39 heavy (non-hydrogen) atoms. The van der Waals surface area contributed by atoms with Crippen LogP contribution in [0, 0.1) is 11.3 Å². The average molecular weight is 576 g/mol. The van der Waals surface area contributed by atoms with Gasteiger partial charge in [0.15, 0.2) is 0 Å². The highest BCUT2D eigenvalue weighted by molar-refractivity contribution is 6.30. The number of rotatable bonds is 8. The van der Waals surface area contributed by atoms with E-state index in [1.54, 1.807) is 45.0 Å². The molecule has 8 nitrogen and oxygen atoms in total. The van der Waals surface area contributed by atoms with E-state index in [2.05, 4.69) is 9.97 Å². The van der Waals surface area contributed by atoms with Gasteiger partial charge in [-0.3, -0.25) is 14.7 Å². The summed E-state index contributed by atoms with van der Waals surface area (Å²) in [5, 5.41) is 10.0. The highest BCUT2D eigenvalue weighted by Crippen LogP contribution is 2.30. The second-order valence-corrected chi connectivity index (χ2v) is 10.3. The molecule has 0 aliphatic heterocycles. The quantitative estimate of drug-likeness (QED) is 0.294. The highest BCUT2D eigenvalue weighted by atomic mass is 35.5. The number of aromatic nitrogens is 2. The van der Waals surface area contributed by atoms with Crippen LogP contribution < -0.4 is 4.90 Å². The number of carbonyl (C=O) groups is 2. The second-order valence-electron chi connectivity index (χ2n) is 9.48. The largest absolute Gasteiger partial charge is 0.443 e. The number of benzene rings is 1. The van der Waals surface area contributed by atoms with Gasteiger partial charge in [0.2, 0.25) is 5.91 Å². The normalized spacial score (nSPS) is 11.4. The third-order valence-corrected chi connectivity index (χ3v) is 5.71. The molecule has 0 saturated carbocycles. The van der Waals surface area contributed by atoms with Crippen molar-refractivity contribution in [2.45, 2.75) is 45.3 Å².